The van der Waals surface area contributed by atoms with E-state index in [1.807, 2.05) is 0 Å². The van der Waals surface area contributed by atoms with E-state index in [1.54, 1.807) is 0 Å². The fourth-order valence-electron chi connectivity index (χ4n) is 0.729. The Morgan fingerprint density at radius 3 is 2.21 bits per heavy atom. The van der Waals surface area contributed by atoms with Gasteiger partial charge in [0.25, 0.3) is 0 Å². The van der Waals surface area contributed by atoms with Crippen LogP contribution in [0.25, 0.3) is 0 Å². The lowest BCUT2D eigenvalue weighted by Gasteiger charge is -2.18. The molecule has 0 bridgehead atoms. The number of aliphatic carboxylic acids is 1. The van der Waals surface area contributed by atoms with Gasteiger partial charge in [-0.3, -0.25) is 21.3 Å². The van der Waals surface area contributed by atoms with Crippen molar-refractivity contribution in [3.8, 4) is 0 Å². The van der Waals surface area contributed by atoms with Crippen LogP contribution in [0.4, 0.5) is 0 Å². The van der Waals surface area contributed by atoms with Crippen molar-refractivity contribution in [1.29, 1.82) is 0 Å². The van der Waals surface area contributed by atoms with E-state index in [1.165, 1.54) is 0 Å². The SMILES string of the molecule is NC(N)=[NH+]C[C@@H](O)[C@H](O)[C@H](N)C(=O)O. The lowest BCUT2D eigenvalue weighted by Crippen LogP contribution is -2.81. The number of nitrogens with one attached hydrogen (secondary N) is 1. The average molecular weight is 207 g/mol. The molecule has 8 heteroatoms. The van der Waals surface area contributed by atoms with Crippen LogP contribution in [-0.2, 0) is 4.79 Å². The van der Waals surface area contributed by atoms with E-state index < -0.39 is 24.2 Å². The molecular formula is C6H15N4O4+. The van der Waals surface area contributed by atoms with Gasteiger partial charge in [0.15, 0.2) is 0 Å². The van der Waals surface area contributed by atoms with Crippen LogP contribution in [0.5, 0.6) is 0 Å². The van der Waals surface area contributed by atoms with Crippen LogP contribution in [0, 0.1) is 0 Å². The molecule has 0 fully saturated rings. The lowest BCUT2D eigenvalue weighted by atomic mass is 10.1. The predicted molar refractivity (Wildman–Crippen MR) is 46.8 cm³/mol. The molecule has 0 amide bonds. The largest absolute Gasteiger partial charge is 0.480 e. The van der Waals surface area contributed by atoms with Gasteiger partial charge in [-0.2, -0.15) is 0 Å². The molecular weight excluding hydrogens is 192 g/mol. The first-order valence-corrected chi connectivity index (χ1v) is 3.82. The number of guanidine groups is 1. The average Bonchev–Trinajstić information content (AvgIpc) is 2.11. The van der Waals surface area contributed by atoms with Gasteiger partial charge in [0.05, 0.1) is 6.54 Å². The zero-order chi connectivity index (χ0) is 11.3. The highest BCUT2D eigenvalue weighted by molar-refractivity contribution is 5.74. The molecule has 0 unspecified atom stereocenters. The number of hydrogen-bond acceptors (Lipinski definition) is 4. The number of carboxylic acids is 1. The molecule has 10 N–H and O–H groups in total. The van der Waals surface area contributed by atoms with Crippen molar-refractivity contribution in [2.45, 2.75) is 18.2 Å². The van der Waals surface area contributed by atoms with Crippen LogP contribution >= 0.6 is 0 Å². The molecule has 0 saturated heterocycles. The first-order chi connectivity index (χ1) is 6.36. The summed E-state index contributed by atoms with van der Waals surface area (Å²) in [5, 5.41) is 26.8. The van der Waals surface area contributed by atoms with Gasteiger partial charge in [-0.15, -0.1) is 0 Å². The van der Waals surface area contributed by atoms with E-state index in [9.17, 15) is 15.0 Å². The Hall–Kier alpha value is -1.38. The van der Waals surface area contributed by atoms with E-state index in [0.29, 0.717) is 0 Å². The maximum absolute atomic E-state index is 10.3. The summed E-state index contributed by atoms with van der Waals surface area (Å²) in [5.74, 6) is -1.54. The summed E-state index contributed by atoms with van der Waals surface area (Å²) in [5.41, 5.74) is 15.1. The third-order valence-corrected chi connectivity index (χ3v) is 1.56. The van der Waals surface area contributed by atoms with Crippen molar-refractivity contribution in [2.24, 2.45) is 17.2 Å². The Morgan fingerprint density at radius 1 is 1.36 bits per heavy atom. The second-order valence-corrected chi connectivity index (χ2v) is 2.76. The molecule has 0 heterocycles. The number of aliphatic hydroxyl groups is 2. The van der Waals surface area contributed by atoms with Gasteiger partial charge in [0.2, 0.25) is 0 Å². The first-order valence-electron chi connectivity index (χ1n) is 3.82. The number of carboxylic acid groups (broad SMARTS) is 1. The van der Waals surface area contributed by atoms with Crippen LogP contribution in [0.2, 0.25) is 0 Å². The smallest absolute Gasteiger partial charge is 0.338 e. The minimum atomic E-state index is -1.58. The highest BCUT2D eigenvalue weighted by Gasteiger charge is 2.28. The highest BCUT2D eigenvalue weighted by Crippen LogP contribution is 1.95. The molecule has 0 aliphatic carbocycles. The van der Waals surface area contributed by atoms with Crippen LogP contribution < -0.4 is 22.2 Å². The molecule has 8 nitrogen and oxygen atoms in total. The predicted octanol–water partition coefficient (Wildman–Crippen LogP) is -5.53. The second-order valence-electron chi connectivity index (χ2n) is 2.76. The summed E-state index contributed by atoms with van der Waals surface area (Å²) in [6.45, 7) is -0.176. The number of hydrogen-bond donors (Lipinski definition) is 7. The molecule has 0 aromatic heterocycles. The first kappa shape index (κ1) is 12.6. The lowest BCUT2D eigenvalue weighted by molar-refractivity contribution is -0.473. The van der Waals surface area contributed by atoms with E-state index in [0.717, 1.165) is 0 Å². The van der Waals surface area contributed by atoms with Crippen molar-refractivity contribution in [1.82, 2.24) is 0 Å². The fourth-order valence-corrected chi connectivity index (χ4v) is 0.729. The van der Waals surface area contributed by atoms with E-state index >= 15 is 0 Å². The van der Waals surface area contributed by atoms with Gasteiger partial charge in [-0.05, 0) is 0 Å². The minimum absolute atomic E-state index is 0.139. The van der Waals surface area contributed by atoms with Gasteiger partial charge in [-0.1, -0.05) is 0 Å². The van der Waals surface area contributed by atoms with Crippen molar-refractivity contribution in [3.63, 3.8) is 0 Å². The monoisotopic (exact) mass is 207 g/mol. The zero-order valence-electron chi connectivity index (χ0n) is 7.42. The van der Waals surface area contributed by atoms with Gasteiger partial charge in [0, 0.05) is 0 Å². The fraction of sp³-hybridized carbons (Fsp3) is 0.667. The Morgan fingerprint density at radius 2 is 1.86 bits per heavy atom. The highest BCUT2D eigenvalue weighted by atomic mass is 16.4. The van der Waals surface area contributed by atoms with Crippen LogP contribution in [0.1, 0.15) is 0 Å². The molecule has 3 atom stereocenters. The van der Waals surface area contributed by atoms with Gasteiger partial charge < -0.3 is 21.1 Å². The van der Waals surface area contributed by atoms with Crippen LogP contribution in [0.15, 0.2) is 0 Å². The molecule has 14 heavy (non-hydrogen) atoms. The molecule has 0 rings (SSSR count). The molecule has 82 valence electrons. The number of nitrogens with two attached hydrogens (primary N) is 3. The molecule has 0 aliphatic heterocycles. The number of aliphatic hydroxyl groups excluding tert-OH is 2. The Labute approximate surface area is 80.0 Å². The van der Waals surface area contributed by atoms with Gasteiger partial charge in [0.1, 0.15) is 18.2 Å². The minimum Gasteiger partial charge on any atom is -0.480 e. The van der Waals surface area contributed by atoms with E-state index in [-0.39, 0.29) is 12.5 Å². The molecule has 0 saturated carbocycles. The van der Waals surface area contributed by atoms with Crippen LogP contribution in [0.3, 0.4) is 0 Å². The third-order valence-electron chi connectivity index (χ3n) is 1.56. The van der Waals surface area contributed by atoms with Crippen molar-refractivity contribution in [2.75, 3.05) is 6.54 Å². The summed E-state index contributed by atoms with van der Waals surface area (Å²) >= 11 is 0. The van der Waals surface area contributed by atoms with Crippen molar-refractivity contribution in [3.05, 3.63) is 0 Å². The van der Waals surface area contributed by atoms with Crippen molar-refractivity contribution < 1.29 is 25.1 Å². The summed E-state index contributed by atoms with van der Waals surface area (Å²) in [7, 11) is 0. The van der Waals surface area contributed by atoms with Crippen LogP contribution in [-0.4, -0.2) is 52.0 Å². The third kappa shape index (κ3) is 4.03. The summed E-state index contributed by atoms with van der Waals surface area (Å²) in [6.07, 6.45) is -2.94. The molecule has 0 aromatic rings. The van der Waals surface area contributed by atoms with Gasteiger partial charge >= 0.3 is 11.9 Å². The topological polar surface area (TPSA) is 170 Å². The maximum atomic E-state index is 10.3. The summed E-state index contributed by atoms with van der Waals surface area (Å²) in [4.78, 5) is 12.6. The van der Waals surface area contributed by atoms with E-state index in [2.05, 4.69) is 4.99 Å². The summed E-state index contributed by atoms with van der Waals surface area (Å²) in [6, 6.07) is -1.55. The maximum Gasteiger partial charge on any atom is 0.338 e. The molecule has 0 spiro atoms. The normalized spacial score (nSPS) is 16.8. The Bertz CT molecular complexity index is 228. The Kier molecular flexibility index (Phi) is 4.84. The molecule has 0 radical (unpaired) electrons. The van der Waals surface area contributed by atoms with Crippen molar-refractivity contribution >= 4 is 11.9 Å². The number of rotatable bonds is 5. The number of carbonyl (C=O) groups is 1. The molecule has 0 aliphatic rings. The molecule has 0 aromatic carbocycles. The summed E-state index contributed by atoms with van der Waals surface area (Å²) < 4.78 is 0. The second kappa shape index (κ2) is 5.37. The quantitative estimate of drug-likeness (QED) is 0.174. The Balaban J connectivity index is 4.18. The zero-order valence-corrected chi connectivity index (χ0v) is 7.42. The van der Waals surface area contributed by atoms with Gasteiger partial charge in [-0.25, -0.2) is 0 Å². The standard InChI is InChI=1S/C6H14N4O4/c7-3(5(13)14)4(12)2(11)1-10-6(8)9/h2-4,11-12H,1,7H2,(H,13,14)(H4,8,9,10)/p+1/t2-,3+,4+/m1/s1. The van der Waals surface area contributed by atoms with E-state index in [4.69, 9.17) is 22.3 Å².